The molecule has 3 aliphatic heterocycles. The standard InChI is InChI=1S/C54H38N4O4S2.C19H15N.C18H12Br2O4S2/c59-63(60,43-31-27-41(28-32-43)57-51-23-11-7-19-47(51)55(39-15-3-1-4-16-39)48-20-8-12-24-52(48)57)45-35-37-46(38-36-45)64(61,62)44-33-29-42(30-34-44)58-53-25-13-9-21-49(53)56(40-17-5-2-6-18-40)50-22-10-14-26-54(50)58;1-2-10-17(11-3-1)20-18-12-6-4-8-15(18)14-16-9-5-7-13-19(16)20;19-13-1-5-15(6-2-13)25(21,22)17-9-11-18(12-10-17)26(23,24)16-7-3-14(20)4-8-16/h1-38H;1-13H,14H2;1-12H. The van der Waals surface area contributed by atoms with Crippen molar-refractivity contribution in [3.05, 3.63) is 402 Å². The zero-order chi connectivity index (χ0) is 75.7. The van der Waals surface area contributed by atoms with Crippen molar-refractivity contribution in [3.63, 3.8) is 0 Å². The van der Waals surface area contributed by atoms with E-state index in [-0.39, 0.29) is 39.2 Å². The Labute approximate surface area is 657 Å². The quantitative estimate of drug-likeness (QED) is 0.108. The molecule has 0 N–H and O–H groups in total. The first-order chi connectivity index (χ1) is 53.4. The van der Waals surface area contributed by atoms with E-state index in [4.69, 9.17) is 0 Å². The molecule has 0 aliphatic carbocycles. The lowest BCUT2D eigenvalue weighted by Gasteiger charge is -2.40. The zero-order valence-electron chi connectivity index (χ0n) is 58.5. The molecule has 0 fully saturated rings. The van der Waals surface area contributed by atoms with Crippen molar-refractivity contribution in [1.82, 2.24) is 0 Å². The third-order valence-electron chi connectivity index (χ3n) is 19.3. The molecule has 0 radical (unpaired) electrons. The van der Waals surface area contributed by atoms with Crippen LogP contribution in [-0.2, 0) is 45.8 Å². The summed E-state index contributed by atoms with van der Waals surface area (Å²) < 4.78 is 108. The highest BCUT2D eigenvalue weighted by atomic mass is 79.9. The summed E-state index contributed by atoms with van der Waals surface area (Å²) in [5.41, 5.74) is 18.0. The van der Waals surface area contributed by atoms with E-state index in [1.165, 1.54) is 101 Å². The van der Waals surface area contributed by atoms with E-state index in [0.29, 0.717) is 0 Å². The van der Waals surface area contributed by atoms with Crippen LogP contribution in [0.25, 0.3) is 0 Å². The molecular weight excluding hydrogens is 1580 g/mol. The molecule has 0 spiro atoms. The van der Waals surface area contributed by atoms with Crippen LogP contribution in [0.2, 0.25) is 0 Å². The fourth-order valence-corrected chi connectivity index (χ4v) is 19.6. The molecule has 0 unspecified atom stereocenters. The van der Waals surface area contributed by atoms with Crippen molar-refractivity contribution in [2.75, 3.05) is 24.5 Å². The van der Waals surface area contributed by atoms with E-state index in [1.54, 1.807) is 48.5 Å². The summed E-state index contributed by atoms with van der Waals surface area (Å²) in [7, 11) is -15.4. The minimum Gasteiger partial charge on any atom is -0.310 e. The van der Waals surface area contributed by atoms with Crippen LogP contribution in [-0.4, -0.2) is 33.7 Å². The average Bonchev–Trinajstić information content (AvgIpc) is 0.739. The maximum atomic E-state index is 14.0. The number of sulfone groups is 4. The molecule has 540 valence electrons. The van der Waals surface area contributed by atoms with Crippen LogP contribution in [0.5, 0.6) is 0 Å². The fourth-order valence-electron chi connectivity index (χ4n) is 14.0. The van der Waals surface area contributed by atoms with Gasteiger partial charge in [0.15, 0.2) is 0 Å². The second-order valence-corrected chi connectivity index (χ2v) is 35.6. The van der Waals surface area contributed by atoms with Crippen molar-refractivity contribution in [3.8, 4) is 0 Å². The van der Waals surface area contributed by atoms with Crippen molar-refractivity contribution < 1.29 is 33.7 Å². The van der Waals surface area contributed by atoms with E-state index in [0.717, 1.165) is 83.6 Å². The number of rotatable bonds is 13. The molecule has 3 aliphatic rings. The fraction of sp³-hybridized carbons (Fsp3) is 0.0110. The van der Waals surface area contributed by atoms with E-state index in [1.807, 2.05) is 109 Å². The Morgan fingerprint density at radius 3 is 0.545 bits per heavy atom. The van der Waals surface area contributed by atoms with Gasteiger partial charge in [-0.3, -0.25) is 0 Å². The van der Waals surface area contributed by atoms with E-state index < -0.39 is 39.3 Å². The number of nitrogens with zero attached hydrogens (tertiary/aromatic N) is 5. The third-order valence-corrected chi connectivity index (χ3v) is 27.5. The Balaban J connectivity index is 0.000000162. The molecule has 0 amide bonds. The summed E-state index contributed by atoms with van der Waals surface area (Å²) in [6.07, 6.45) is 1.01. The molecule has 0 aromatic heterocycles. The van der Waals surface area contributed by atoms with Crippen LogP contribution in [0.3, 0.4) is 0 Å². The molecule has 0 saturated heterocycles. The van der Waals surface area contributed by atoms with Gasteiger partial charge in [-0.05, 0) is 254 Å². The molecule has 18 rings (SSSR count). The highest BCUT2D eigenvalue weighted by Gasteiger charge is 2.34. The Kier molecular flexibility index (Phi) is 19.9. The summed E-state index contributed by atoms with van der Waals surface area (Å²) in [6, 6.07) is 118. The molecule has 0 atom stereocenters. The van der Waals surface area contributed by atoms with Crippen LogP contribution in [0.15, 0.2) is 430 Å². The van der Waals surface area contributed by atoms with Gasteiger partial charge in [-0.2, -0.15) is 0 Å². The molecule has 13 nitrogen and oxygen atoms in total. The number of halogens is 2. The third kappa shape index (κ3) is 13.9. The van der Waals surface area contributed by atoms with Gasteiger partial charge >= 0.3 is 0 Å². The van der Waals surface area contributed by atoms with E-state index >= 15 is 0 Å². The molecule has 110 heavy (non-hydrogen) atoms. The first kappa shape index (κ1) is 72.3. The first-order valence-electron chi connectivity index (χ1n) is 35.0. The number of benzene rings is 15. The zero-order valence-corrected chi connectivity index (χ0v) is 64.9. The lowest BCUT2D eigenvalue weighted by molar-refractivity contribution is 0.592. The minimum atomic E-state index is -4.00. The molecule has 15 aromatic rings. The van der Waals surface area contributed by atoms with Crippen molar-refractivity contribution in [1.29, 1.82) is 0 Å². The minimum absolute atomic E-state index is 0.00584. The van der Waals surface area contributed by atoms with Gasteiger partial charge in [0.1, 0.15) is 0 Å². The average molecular weight is 1640 g/mol. The Morgan fingerprint density at radius 1 is 0.173 bits per heavy atom. The summed E-state index contributed by atoms with van der Waals surface area (Å²) >= 11 is 6.52. The molecule has 19 heteroatoms. The summed E-state index contributed by atoms with van der Waals surface area (Å²) in [6.45, 7) is 0. The van der Waals surface area contributed by atoms with Crippen LogP contribution >= 0.6 is 31.9 Å². The van der Waals surface area contributed by atoms with E-state index in [2.05, 4.69) is 208 Å². The summed E-state index contributed by atoms with van der Waals surface area (Å²) in [5.74, 6) is 0. The van der Waals surface area contributed by atoms with Crippen LogP contribution in [0, 0.1) is 0 Å². The highest BCUT2D eigenvalue weighted by molar-refractivity contribution is 9.10. The highest BCUT2D eigenvalue weighted by Crippen LogP contribution is 2.56. The molecule has 15 aromatic carbocycles. The predicted molar refractivity (Wildman–Crippen MR) is 446 cm³/mol. The van der Waals surface area contributed by atoms with Gasteiger partial charge in [0.05, 0.1) is 84.7 Å². The topological polar surface area (TPSA) is 153 Å². The number of para-hydroxylation sites is 13. The Hall–Kier alpha value is -11.9. The molecule has 3 heterocycles. The second kappa shape index (κ2) is 30.3. The maximum Gasteiger partial charge on any atom is 0.206 e. The van der Waals surface area contributed by atoms with Crippen LogP contribution < -0.4 is 24.5 Å². The van der Waals surface area contributed by atoms with Gasteiger partial charge in [-0.15, -0.1) is 0 Å². The van der Waals surface area contributed by atoms with Gasteiger partial charge in [0, 0.05) is 55.2 Å². The monoisotopic (exact) mass is 1640 g/mol. The van der Waals surface area contributed by atoms with Crippen molar-refractivity contribution in [2.24, 2.45) is 0 Å². The summed E-state index contributed by atoms with van der Waals surface area (Å²) in [4.78, 5) is 11.6. The molecular formula is C91H65Br2N5O8S4. The summed E-state index contributed by atoms with van der Waals surface area (Å²) in [5, 5.41) is 0. The van der Waals surface area contributed by atoms with Gasteiger partial charge in [0.25, 0.3) is 0 Å². The number of hydrogen-bond acceptors (Lipinski definition) is 13. The predicted octanol–water partition coefficient (Wildman–Crippen LogP) is 23.8. The lowest BCUT2D eigenvalue weighted by atomic mass is 9.95. The molecule has 0 saturated carbocycles. The second-order valence-electron chi connectivity index (χ2n) is 25.9. The van der Waals surface area contributed by atoms with Crippen LogP contribution in [0.1, 0.15) is 11.1 Å². The van der Waals surface area contributed by atoms with Gasteiger partial charge in [0.2, 0.25) is 39.3 Å². The Bertz CT molecular complexity index is 5930. The van der Waals surface area contributed by atoms with Crippen LogP contribution in [0.4, 0.5) is 85.3 Å². The smallest absolute Gasteiger partial charge is 0.206 e. The Morgan fingerprint density at radius 2 is 0.327 bits per heavy atom. The number of anilines is 15. The number of hydrogen-bond donors (Lipinski definition) is 0. The van der Waals surface area contributed by atoms with Crippen molar-refractivity contribution >= 4 is 157 Å². The lowest BCUT2D eigenvalue weighted by Crippen LogP contribution is -2.23. The number of fused-ring (bicyclic) bond motifs is 6. The normalized spacial score (nSPS) is 12.8. The van der Waals surface area contributed by atoms with Gasteiger partial charge in [-0.1, -0.05) is 171 Å². The largest absolute Gasteiger partial charge is 0.310 e. The van der Waals surface area contributed by atoms with E-state index in [9.17, 15) is 33.7 Å². The molecule has 0 bridgehead atoms. The SMILES string of the molecule is O=S(=O)(c1ccc(Br)cc1)c1ccc(S(=O)(=O)c2ccc(Br)cc2)cc1.O=S(=O)(c1ccc(N2c3ccccc3N(c3ccccc3)c3ccccc32)cc1)c1ccc(S(=O)(=O)c2ccc(N3c4ccccc4N(c4ccccc4)c4ccccc43)cc2)cc1.c1ccc(N2c3ccccc3Cc3ccccc32)cc1. The van der Waals surface area contributed by atoms with Gasteiger partial charge in [-0.25, -0.2) is 33.7 Å². The van der Waals surface area contributed by atoms with Crippen molar-refractivity contribution in [2.45, 2.75) is 45.6 Å². The van der Waals surface area contributed by atoms with Gasteiger partial charge < -0.3 is 24.5 Å². The maximum absolute atomic E-state index is 14.0. The first-order valence-corrected chi connectivity index (χ1v) is 42.5.